The fourth-order valence-corrected chi connectivity index (χ4v) is 3.53. The molecule has 1 aromatic carbocycles. The SMILES string of the molecule is O=[N+]([O-])c1ccccc1C12CC(CO)(C1)C2. The minimum atomic E-state index is -0.304. The third-order valence-electron chi connectivity index (χ3n) is 4.15. The highest BCUT2D eigenvalue weighted by Crippen LogP contribution is 2.74. The second-order valence-corrected chi connectivity index (χ2v) is 5.24. The van der Waals surface area contributed by atoms with Gasteiger partial charge in [0.15, 0.2) is 0 Å². The van der Waals surface area contributed by atoms with Gasteiger partial charge >= 0.3 is 0 Å². The van der Waals surface area contributed by atoms with E-state index < -0.39 is 0 Å². The van der Waals surface area contributed by atoms with Gasteiger partial charge in [0.2, 0.25) is 0 Å². The van der Waals surface area contributed by atoms with Gasteiger partial charge < -0.3 is 5.11 Å². The van der Waals surface area contributed by atoms with E-state index in [2.05, 4.69) is 0 Å². The predicted octanol–water partition coefficient (Wildman–Crippen LogP) is 2.01. The molecule has 1 N–H and O–H groups in total. The van der Waals surface area contributed by atoms with Crippen molar-refractivity contribution in [3.63, 3.8) is 0 Å². The zero-order valence-electron chi connectivity index (χ0n) is 8.85. The Morgan fingerprint density at radius 1 is 1.31 bits per heavy atom. The normalized spacial score (nSPS) is 35.1. The summed E-state index contributed by atoms with van der Waals surface area (Å²) in [6.45, 7) is 0.218. The number of aliphatic hydroxyl groups excluding tert-OH is 1. The Bertz CT molecular complexity index is 449. The third kappa shape index (κ3) is 1.02. The molecule has 4 heteroatoms. The summed E-state index contributed by atoms with van der Waals surface area (Å²) in [6.07, 6.45) is 2.71. The molecule has 0 atom stereocenters. The van der Waals surface area contributed by atoms with Crippen LogP contribution in [-0.4, -0.2) is 16.6 Å². The second-order valence-electron chi connectivity index (χ2n) is 5.24. The number of aliphatic hydroxyl groups is 1. The van der Waals surface area contributed by atoms with Gasteiger partial charge in [-0.05, 0) is 24.7 Å². The molecule has 3 aliphatic rings. The number of hydrogen-bond donors (Lipinski definition) is 1. The lowest BCUT2D eigenvalue weighted by atomic mass is 9.33. The molecule has 84 valence electrons. The fourth-order valence-electron chi connectivity index (χ4n) is 3.53. The molecule has 1 aromatic rings. The van der Waals surface area contributed by atoms with Crippen molar-refractivity contribution >= 4 is 5.69 Å². The molecule has 0 spiro atoms. The molecule has 0 unspecified atom stereocenters. The Labute approximate surface area is 93.1 Å². The first-order valence-corrected chi connectivity index (χ1v) is 5.46. The van der Waals surface area contributed by atoms with E-state index in [4.69, 9.17) is 0 Å². The van der Waals surface area contributed by atoms with E-state index in [-0.39, 0.29) is 28.0 Å². The highest BCUT2D eigenvalue weighted by atomic mass is 16.6. The van der Waals surface area contributed by atoms with Crippen molar-refractivity contribution in [2.75, 3.05) is 6.61 Å². The van der Waals surface area contributed by atoms with Gasteiger partial charge in [-0.3, -0.25) is 10.1 Å². The molecular formula is C12H13NO3. The van der Waals surface area contributed by atoms with E-state index in [0.717, 1.165) is 24.8 Å². The minimum absolute atomic E-state index is 0.00755. The van der Waals surface area contributed by atoms with Gasteiger partial charge in [0.25, 0.3) is 5.69 Å². The van der Waals surface area contributed by atoms with Crippen LogP contribution in [0.5, 0.6) is 0 Å². The van der Waals surface area contributed by atoms with Crippen LogP contribution in [0.25, 0.3) is 0 Å². The van der Waals surface area contributed by atoms with Crippen molar-refractivity contribution < 1.29 is 10.0 Å². The quantitative estimate of drug-likeness (QED) is 0.624. The number of nitrogens with zero attached hydrogens (tertiary/aromatic N) is 1. The van der Waals surface area contributed by atoms with Gasteiger partial charge in [-0.15, -0.1) is 0 Å². The fraction of sp³-hybridized carbons (Fsp3) is 0.500. The average molecular weight is 219 g/mol. The van der Waals surface area contributed by atoms with E-state index in [0.29, 0.717) is 0 Å². The first-order valence-electron chi connectivity index (χ1n) is 5.46. The maximum atomic E-state index is 10.9. The van der Waals surface area contributed by atoms with Crippen LogP contribution in [0.2, 0.25) is 0 Å². The first kappa shape index (κ1) is 9.78. The summed E-state index contributed by atoms with van der Waals surface area (Å²) >= 11 is 0. The highest BCUT2D eigenvalue weighted by molar-refractivity contribution is 5.51. The highest BCUT2D eigenvalue weighted by Gasteiger charge is 2.69. The largest absolute Gasteiger partial charge is 0.396 e. The standard InChI is InChI=1S/C12H13NO3/c14-8-11-5-12(6-11,7-11)9-3-1-2-4-10(9)13(15)16/h1-4,14H,5-8H2. The van der Waals surface area contributed by atoms with Crippen LogP contribution in [-0.2, 0) is 5.41 Å². The van der Waals surface area contributed by atoms with Gasteiger partial charge in [0, 0.05) is 23.7 Å². The summed E-state index contributed by atoms with van der Waals surface area (Å²) in [6, 6.07) is 6.99. The molecule has 0 amide bonds. The van der Waals surface area contributed by atoms with E-state index in [9.17, 15) is 15.2 Å². The van der Waals surface area contributed by atoms with Crippen LogP contribution >= 0.6 is 0 Å². The lowest BCUT2D eigenvalue weighted by molar-refractivity contribution is -0.387. The summed E-state index contributed by atoms with van der Waals surface area (Å²) < 4.78 is 0. The molecule has 3 saturated carbocycles. The van der Waals surface area contributed by atoms with Crippen molar-refractivity contribution in [2.45, 2.75) is 24.7 Å². The Morgan fingerprint density at radius 2 is 1.94 bits per heavy atom. The summed E-state index contributed by atoms with van der Waals surface area (Å²) in [5.41, 5.74) is 1.17. The van der Waals surface area contributed by atoms with Crippen LogP contribution in [0.1, 0.15) is 24.8 Å². The Kier molecular flexibility index (Phi) is 1.73. The van der Waals surface area contributed by atoms with E-state index in [1.807, 2.05) is 12.1 Å². The lowest BCUT2D eigenvalue weighted by Gasteiger charge is -2.70. The number of para-hydroxylation sites is 1. The van der Waals surface area contributed by atoms with Gasteiger partial charge in [-0.1, -0.05) is 18.2 Å². The van der Waals surface area contributed by atoms with E-state index in [1.165, 1.54) is 0 Å². The minimum Gasteiger partial charge on any atom is -0.396 e. The first-order chi connectivity index (χ1) is 7.61. The monoisotopic (exact) mass is 219 g/mol. The topological polar surface area (TPSA) is 63.4 Å². The maximum absolute atomic E-state index is 10.9. The number of nitro groups is 1. The van der Waals surface area contributed by atoms with Gasteiger partial charge in [-0.25, -0.2) is 0 Å². The predicted molar refractivity (Wildman–Crippen MR) is 58.1 cm³/mol. The Balaban J connectivity index is 1.95. The summed E-state index contributed by atoms with van der Waals surface area (Å²) in [7, 11) is 0. The lowest BCUT2D eigenvalue weighted by Crippen LogP contribution is -2.66. The van der Waals surface area contributed by atoms with Crippen LogP contribution < -0.4 is 0 Å². The molecule has 0 radical (unpaired) electrons. The molecule has 16 heavy (non-hydrogen) atoms. The zero-order chi connectivity index (χ0) is 11.4. The van der Waals surface area contributed by atoms with Gasteiger partial charge in [0.05, 0.1) is 4.92 Å². The van der Waals surface area contributed by atoms with Crippen molar-refractivity contribution in [1.29, 1.82) is 0 Å². The molecule has 0 aromatic heterocycles. The Hall–Kier alpha value is -1.42. The smallest absolute Gasteiger partial charge is 0.273 e. The molecule has 0 aliphatic heterocycles. The van der Waals surface area contributed by atoms with Crippen LogP contribution in [0, 0.1) is 15.5 Å². The molecule has 3 aliphatic carbocycles. The molecule has 3 fully saturated rings. The van der Waals surface area contributed by atoms with Gasteiger partial charge in [-0.2, -0.15) is 0 Å². The number of nitro benzene ring substituents is 1. The van der Waals surface area contributed by atoms with Crippen molar-refractivity contribution in [1.82, 2.24) is 0 Å². The molecule has 4 nitrogen and oxygen atoms in total. The van der Waals surface area contributed by atoms with Crippen LogP contribution in [0.3, 0.4) is 0 Å². The number of rotatable bonds is 3. The van der Waals surface area contributed by atoms with E-state index >= 15 is 0 Å². The zero-order valence-corrected chi connectivity index (χ0v) is 8.85. The van der Waals surface area contributed by atoms with Crippen LogP contribution in [0.4, 0.5) is 5.69 Å². The van der Waals surface area contributed by atoms with E-state index in [1.54, 1.807) is 12.1 Å². The van der Waals surface area contributed by atoms with Crippen LogP contribution in [0.15, 0.2) is 24.3 Å². The number of hydrogen-bond acceptors (Lipinski definition) is 3. The molecular weight excluding hydrogens is 206 g/mol. The number of benzene rings is 1. The summed E-state index contributed by atoms with van der Waals surface area (Å²) in [4.78, 5) is 10.6. The van der Waals surface area contributed by atoms with Gasteiger partial charge in [0.1, 0.15) is 0 Å². The second kappa shape index (κ2) is 2.83. The molecule has 2 bridgehead atoms. The van der Waals surface area contributed by atoms with Crippen molar-refractivity contribution in [3.05, 3.63) is 39.9 Å². The third-order valence-corrected chi connectivity index (χ3v) is 4.15. The molecule has 0 saturated heterocycles. The molecule has 4 rings (SSSR count). The van der Waals surface area contributed by atoms with Crippen molar-refractivity contribution in [2.24, 2.45) is 5.41 Å². The Morgan fingerprint density at radius 3 is 2.50 bits per heavy atom. The maximum Gasteiger partial charge on any atom is 0.273 e. The van der Waals surface area contributed by atoms with Crippen molar-refractivity contribution in [3.8, 4) is 0 Å². The summed E-state index contributed by atoms with van der Waals surface area (Å²) in [5, 5.41) is 20.1. The molecule has 0 heterocycles. The average Bonchev–Trinajstić information content (AvgIpc) is 2.15. The summed E-state index contributed by atoms with van der Waals surface area (Å²) in [5.74, 6) is 0.